The lowest BCUT2D eigenvalue weighted by atomic mass is 10.1. The molecule has 2 aromatic rings. The largest absolute Gasteiger partial charge is 0.376 e. The summed E-state index contributed by atoms with van der Waals surface area (Å²) >= 11 is 0. The van der Waals surface area contributed by atoms with Crippen molar-refractivity contribution in [3.63, 3.8) is 0 Å². The van der Waals surface area contributed by atoms with E-state index >= 15 is 0 Å². The fraction of sp³-hybridized carbons (Fsp3) is 0.294. The normalized spacial score (nSPS) is 10.9. The van der Waals surface area contributed by atoms with Crippen LogP contribution < -0.4 is 10.7 Å². The van der Waals surface area contributed by atoms with Gasteiger partial charge in [0, 0.05) is 18.4 Å². The number of amides is 1. The molecule has 1 aromatic carbocycles. The van der Waals surface area contributed by atoms with Crippen molar-refractivity contribution in [1.29, 1.82) is 0 Å². The maximum Gasteiger partial charge on any atom is 0.259 e. The van der Waals surface area contributed by atoms with Crippen LogP contribution in [0.1, 0.15) is 23.7 Å². The summed E-state index contributed by atoms with van der Waals surface area (Å²) in [6, 6.07) is 9.93. The number of hydrogen-bond donors (Lipinski definition) is 2. The smallest absolute Gasteiger partial charge is 0.259 e. The number of aryl methyl sites for hydroxylation is 3. The molecule has 0 saturated carbocycles. The predicted molar refractivity (Wildman–Crippen MR) is 90.2 cm³/mol. The molecule has 1 aromatic heterocycles. The number of aromatic nitrogens is 1. The van der Waals surface area contributed by atoms with Crippen LogP contribution in [-0.2, 0) is 11.3 Å². The van der Waals surface area contributed by atoms with Gasteiger partial charge in [-0.2, -0.15) is 5.10 Å². The molecule has 0 atom stereocenters. The summed E-state index contributed by atoms with van der Waals surface area (Å²) < 4.78 is 2.04. The molecule has 2 rings (SSSR count). The van der Waals surface area contributed by atoms with Gasteiger partial charge in [-0.1, -0.05) is 6.07 Å². The molecule has 2 N–H and O–H groups in total. The highest BCUT2D eigenvalue weighted by molar-refractivity contribution is 5.83. The average Bonchev–Trinajstić information content (AvgIpc) is 2.96. The Labute approximate surface area is 131 Å². The molecule has 0 aliphatic rings. The summed E-state index contributed by atoms with van der Waals surface area (Å²) in [4.78, 5) is 11.8. The lowest BCUT2D eigenvalue weighted by Crippen LogP contribution is -2.26. The number of nitrogens with one attached hydrogen (secondary N) is 2. The van der Waals surface area contributed by atoms with Gasteiger partial charge in [0.1, 0.15) is 0 Å². The van der Waals surface area contributed by atoms with E-state index in [2.05, 4.69) is 29.7 Å². The number of hydrazone groups is 1. The second-order valence-electron chi connectivity index (χ2n) is 5.16. The van der Waals surface area contributed by atoms with Crippen LogP contribution in [-0.4, -0.2) is 23.2 Å². The van der Waals surface area contributed by atoms with E-state index in [1.807, 2.05) is 48.0 Å². The van der Waals surface area contributed by atoms with E-state index in [1.54, 1.807) is 6.21 Å². The third-order valence-corrected chi connectivity index (χ3v) is 3.55. The van der Waals surface area contributed by atoms with Crippen LogP contribution in [0.5, 0.6) is 0 Å². The lowest BCUT2D eigenvalue weighted by molar-refractivity contribution is -0.119. The van der Waals surface area contributed by atoms with Gasteiger partial charge in [0.2, 0.25) is 0 Å². The first-order valence-corrected chi connectivity index (χ1v) is 7.38. The first-order chi connectivity index (χ1) is 10.6. The first kappa shape index (κ1) is 15.8. The molecule has 5 heteroatoms. The van der Waals surface area contributed by atoms with Crippen molar-refractivity contribution in [2.24, 2.45) is 5.10 Å². The first-order valence-electron chi connectivity index (χ1n) is 7.38. The third kappa shape index (κ3) is 4.22. The van der Waals surface area contributed by atoms with Crippen molar-refractivity contribution in [2.75, 3.05) is 11.9 Å². The third-order valence-electron chi connectivity index (χ3n) is 3.55. The Bertz CT molecular complexity index is 673. The maximum atomic E-state index is 11.8. The van der Waals surface area contributed by atoms with E-state index < -0.39 is 0 Å². The quantitative estimate of drug-likeness (QED) is 0.636. The molecule has 0 fully saturated rings. The van der Waals surface area contributed by atoms with Crippen LogP contribution in [0.3, 0.4) is 0 Å². The standard InChI is InChI=1S/C17H22N4O/c1-4-21-9-5-6-16(21)11-19-20-17(22)12-18-15-8-7-13(2)14(3)10-15/h5-11,18H,4,12H2,1-3H3,(H,20,22)/b19-11-. The van der Waals surface area contributed by atoms with Gasteiger partial charge in [-0.15, -0.1) is 0 Å². The van der Waals surface area contributed by atoms with Crippen molar-refractivity contribution >= 4 is 17.8 Å². The van der Waals surface area contributed by atoms with Gasteiger partial charge in [0.25, 0.3) is 5.91 Å². The van der Waals surface area contributed by atoms with E-state index in [-0.39, 0.29) is 12.5 Å². The number of hydrogen-bond acceptors (Lipinski definition) is 3. The Morgan fingerprint density at radius 2 is 2.09 bits per heavy atom. The molecule has 0 bridgehead atoms. The predicted octanol–water partition coefficient (Wildman–Crippen LogP) is 2.69. The van der Waals surface area contributed by atoms with Crippen LogP contribution in [0, 0.1) is 13.8 Å². The average molecular weight is 298 g/mol. The minimum Gasteiger partial charge on any atom is -0.376 e. The molecular formula is C17H22N4O. The topological polar surface area (TPSA) is 58.4 Å². The zero-order chi connectivity index (χ0) is 15.9. The second kappa shape index (κ2) is 7.45. The summed E-state index contributed by atoms with van der Waals surface area (Å²) in [6.45, 7) is 7.23. The van der Waals surface area contributed by atoms with E-state index in [9.17, 15) is 4.79 Å². The minimum absolute atomic E-state index is 0.177. The molecular weight excluding hydrogens is 276 g/mol. The molecule has 5 nitrogen and oxygen atoms in total. The number of rotatable bonds is 6. The van der Waals surface area contributed by atoms with E-state index in [1.165, 1.54) is 11.1 Å². The van der Waals surface area contributed by atoms with Crippen LogP contribution in [0.15, 0.2) is 41.6 Å². The number of anilines is 1. The molecule has 1 heterocycles. The zero-order valence-corrected chi connectivity index (χ0v) is 13.3. The molecule has 0 unspecified atom stereocenters. The van der Waals surface area contributed by atoms with Gasteiger partial charge in [-0.25, -0.2) is 5.43 Å². The van der Waals surface area contributed by atoms with Crippen LogP contribution in [0.25, 0.3) is 0 Å². The molecule has 0 spiro atoms. The molecule has 1 amide bonds. The fourth-order valence-corrected chi connectivity index (χ4v) is 2.08. The van der Waals surface area contributed by atoms with E-state index in [0.717, 1.165) is 17.9 Å². The van der Waals surface area contributed by atoms with Crippen molar-refractivity contribution in [1.82, 2.24) is 9.99 Å². The monoisotopic (exact) mass is 298 g/mol. The van der Waals surface area contributed by atoms with Gasteiger partial charge in [0.15, 0.2) is 0 Å². The molecule has 116 valence electrons. The van der Waals surface area contributed by atoms with E-state index in [4.69, 9.17) is 0 Å². The molecule has 0 radical (unpaired) electrons. The highest BCUT2D eigenvalue weighted by Gasteiger charge is 2.01. The molecule has 0 aliphatic carbocycles. The van der Waals surface area contributed by atoms with Gasteiger partial charge < -0.3 is 9.88 Å². The van der Waals surface area contributed by atoms with Crippen LogP contribution in [0.4, 0.5) is 5.69 Å². The fourth-order valence-electron chi connectivity index (χ4n) is 2.08. The van der Waals surface area contributed by atoms with Crippen molar-refractivity contribution in [2.45, 2.75) is 27.3 Å². The van der Waals surface area contributed by atoms with E-state index in [0.29, 0.717) is 0 Å². The van der Waals surface area contributed by atoms with Crippen LogP contribution >= 0.6 is 0 Å². The summed E-state index contributed by atoms with van der Waals surface area (Å²) in [5.74, 6) is -0.177. The number of carbonyl (C=O) groups excluding carboxylic acids is 1. The van der Waals surface area contributed by atoms with Gasteiger partial charge >= 0.3 is 0 Å². The van der Waals surface area contributed by atoms with Crippen molar-refractivity contribution in [3.05, 3.63) is 53.3 Å². The summed E-state index contributed by atoms with van der Waals surface area (Å²) in [6.07, 6.45) is 3.63. The Hall–Kier alpha value is -2.56. The second-order valence-corrected chi connectivity index (χ2v) is 5.16. The summed E-state index contributed by atoms with van der Waals surface area (Å²) in [5.41, 5.74) is 6.85. The highest BCUT2D eigenvalue weighted by Crippen LogP contribution is 2.13. The maximum absolute atomic E-state index is 11.8. The molecule has 0 saturated heterocycles. The summed E-state index contributed by atoms with van der Waals surface area (Å²) in [5, 5.41) is 7.07. The Morgan fingerprint density at radius 1 is 1.27 bits per heavy atom. The van der Waals surface area contributed by atoms with Crippen LogP contribution in [0.2, 0.25) is 0 Å². The number of carbonyl (C=O) groups is 1. The van der Waals surface area contributed by atoms with Gasteiger partial charge in [-0.05, 0) is 56.2 Å². The Balaban J connectivity index is 1.82. The van der Waals surface area contributed by atoms with Gasteiger partial charge in [-0.3, -0.25) is 4.79 Å². The highest BCUT2D eigenvalue weighted by atomic mass is 16.2. The lowest BCUT2D eigenvalue weighted by Gasteiger charge is -2.07. The minimum atomic E-state index is -0.177. The van der Waals surface area contributed by atoms with Crippen molar-refractivity contribution in [3.8, 4) is 0 Å². The SMILES string of the molecule is CCn1cccc1/C=N\NC(=O)CNc1ccc(C)c(C)c1. The summed E-state index contributed by atoms with van der Waals surface area (Å²) in [7, 11) is 0. The van der Waals surface area contributed by atoms with Crippen molar-refractivity contribution < 1.29 is 4.79 Å². The zero-order valence-electron chi connectivity index (χ0n) is 13.3. The molecule has 22 heavy (non-hydrogen) atoms. The number of benzene rings is 1. The molecule has 0 aliphatic heterocycles. The Kier molecular flexibility index (Phi) is 5.36. The number of nitrogens with zero attached hydrogens (tertiary/aromatic N) is 2. The Morgan fingerprint density at radius 3 is 2.82 bits per heavy atom. The van der Waals surface area contributed by atoms with Gasteiger partial charge in [0.05, 0.1) is 18.5 Å².